The van der Waals surface area contributed by atoms with Crippen molar-refractivity contribution in [2.24, 2.45) is 7.05 Å². The van der Waals surface area contributed by atoms with Crippen LogP contribution in [-0.2, 0) is 27.7 Å². The lowest BCUT2D eigenvalue weighted by Crippen LogP contribution is -2.50. The molecule has 4 rings (SSSR count). The van der Waals surface area contributed by atoms with Gasteiger partial charge in [0, 0.05) is 42.6 Å². The number of aryl methyl sites for hydroxylation is 1. The highest BCUT2D eigenvalue weighted by Crippen LogP contribution is 2.28. The Hall–Kier alpha value is -2.37. The van der Waals surface area contributed by atoms with Crippen molar-refractivity contribution in [3.8, 4) is 0 Å². The number of methoxy groups -OCH3 is 1. The molecule has 0 saturated carbocycles. The van der Waals surface area contributed by atoms with Gasteiger partial charge in [-0.15, -0.1) is 0 Å². The van der Waals surface area contributed by atoms with Crippen LogP contribution in [0.3, 0.4) is 0 Å². The number of hydrogen-bond acceptors (Lipinski definition) is 3. The maximum atomic E-state index is 12.5. The molecule has 0 radical (unpaired) electrons. The van der Waals surface area contributed by atoms with Crippen molar-refractivity contribution < 1.29 is 14.3 Å². The van der Waals surface area contributed by atoms with E-state index in [2.05, 4.69) is 47.3 Å². The van der Waals surface area contributed by atoms with E-state index < -0.39 is 0 Å². The van der Waals surface area contributed by atoms with Crippen molar-refractivity contribution in [1.82, 2.24) is 9.88 Å². The summed E-state index contributed by atoms with van der Waals surface area (Å²) in [6.07, 6.45) is 1.18. The Kier molecular flexibility index (Phi) is 4.66. The monoisotopic (exact) mass is 352 g/mol. The molecule has 1 aromatic heterocycles. The van der Waals surface area contributed by atoms with Crippen molar-refractivity contribution in [1.29, 1.82) is 0 Å². The summed E-state index contributed by atoms with van der Waals surface area (Å²) in [4.78, 5) is 12.5. The lowest BCUT2D eigenvalue weighted by molar-refractivity contribution is -0.124. The van der Waals surface area contributed by atoms with Crippen molar-refractivity contribution in [3.63, 3.8) is 0 Å². The summed E-state index contributed by atoms with van der Waals surface area (Å²) in [5.41, 5.74) is 3.39. The predicted molar refractivity (Wildman–Crippen MR) is 102 cm³/mol. The Balaban J connectivity index is 1.55. The molecular weight excluding hydrogens is 328 g/mol. The quantitative estimate of drug-likeness (QED) is 0.786. The van der Waals surface area contributed by atoms with E-state index in [1.165, 1.54) is 21.8 Å². The molecule has 0 spiro atoms. The second kappa shape index (κ2) is 7.09. The van der Waals surface area contributed by atoms with Crippen LogP contribution in [0.15, 0.2) is 42.5 Å². The van der Waals surface area contributed by atoms with Crippen LogP contribution >= 0.6 is 0 Å². The fraction of sp³-hybridized carbons (Fsp3) is 0.381. The van der Waals surface area contributed by atoms with Gasteiger partial charge in [-0.1, -0.05) is 24.3 Å². The SMILES string of the molecule is CO[C@@H]1CCOC[C@H]1NC(=O)Cc1ccc2c(c1)c1ccccc1n2C. The second-order valence-electron chi connectivity index (χ2n) is 6.92. The first kappa shape index (κ1) is 17.1. The van der Waals surface area contributed by atoms with Gasteiger partial charge in [-0.3, -0.25) is 4.79 Å². The van der Waals surface area contributed by atoms with Gasteiger partial charge in [0.25, 0.3) is 0 Å². The summed E-state index contributed by atoms with van der Waals surface area (Å²) in [5.74, 6) is 0.00198. The molecule has 2 aromatic carbocycles. The van der Waals surface area contributed by atoms with Crippen LogP contribution in [0.5, 0.6) is 0 Å². The molecule has 1 amide bonds. The topological polar surface area (TPSA) is 52.5 Å². The first-order valence-corrected chi connectivity index (χ1v) is 9.03. The number of carbonyl (C=O) groups excluding carboxylic acids is 1. The molecule has 1 N–H and O–H groups in total. The molecule has 1 aliphatic heterocycles. The summed E-state index contributed by atoms with van der Waals surface area (Å²) in [5, 5.41) is 5.46. The normalized spacial score (nSPS) is 20.5. The molecule has 26 heavy (non-hydrogen) atoms. The van der Waals surface area contributed by atoms with Crippen molar-refractivity contribution >= 4 is 27.7 Å². The van der Waals surface area contributed by atoms with E-state index in [9.17, 15) is 4.79 Å². The molecule has 136 valence electrons. The Bertz CT molecular complexity index is 947. The standard InChI is InChI=1S/C21H24N2O3/c1-23-18-6-4-3-5-15(18)16-11-14(7-8-19(16)23)12-21(24)22-17-13-26-10-9-20(17)25-2/h3-8,11,17,20H,9-10,12-13H2,1-2H3,(H,22,24)/t17-,20-/m1/s1. The molecule has 0 aliphatic carbocycles. The molecule has 0 unspecified atom stereocenters. The minimum Gasteiger partial charge on any atom is -0.379 e. The summed E-state index contributed by atoms with van der Waals surface area (Å²) < 4.78 is 13.1. The molecule has 1 saturated heterocycles. The zero-order valence-corrected chi connectivity index (χ0v) is 15.2. The van der Waals surface area contributed by atoms with Crippen LogP contribution in [0.1, 0.15) is 12.0 Å². The highest BCUT2D eigenvalue weighted by Gasteiger charge is 2.27. The van der Waals surface area contributed by atoms with Crippen LogP contribution in [0.4, 0.5) is 0 Å². The third-order valence-corrected chi connectivity index (χ3v) is 5.28. The molecule has 5 heteroatoms. The number of para-hydroxylation sites is 1. The number of nitrogens with one attached hydrogen (secondary N) is 1. The van der Waals surface area contributed by atoms with E-state index >= 15 is 0 Å². The van der Waals surface area contributed by atoms with Gasteiger partial charge in [0.05, 0.1) is 25.2 Å². The van der Waals surface area contributed by atoms with Crippen molar-refractivity contribution in [2.75, 3.05) is 20.3 Å². The third kappa shape index (κ3) is 3.08. The summed E-state index contributed by atoms with van der Waals surface area (Å²) >= 11 is 0. The van der Waals surface area contributed by atoms with E-state index in [-0.39, 0.29) is 18.1 Å². The molecule has 1 aliphatic rings. The number of benzene rings is 2. The van der Waals surface area contributed by atoms with Gasteiger partial charge >= 0.3 is 0 Å². The van der Waals surface area contributed by atoms with Crippen LogP contribution < -0.4 is 5.32 Å². The van der Waals surface area contributed by atoms with E-state index in [4.69, 9.17) is 9.47 Å². The fourth-order valence-corrected chi connectivity index (χ4v) is 3.90. The van der Waals surface area contributed by atoms with Crippen LogP contribution in [0.25, 0.3) is 21.8 Å². The fourth-order valence-electron chi connectivity index (χ4n) is 3.90. The average Bonchev–Trinajstić information content (AvgIpc) is 2.95. The number of ether oxygens (including phenoxy) is 2. The minimum absolute atomic E-state index is 0.00198. The van der Waals surface area contributed by atoms with Gasteiger partial charge in [-0.2, -0.15) is 0 Å². The first-order chi connectivity index (χ1) is 12.7. The van der Waals surface area contributed by atoms with Crippen LogP contribution in [0.2, 0.25) is 0 Å². The highest BCUT2D eigenvalue weighted by atomic mass is 16.5. The van der Waals surface area contributed by atoms with E-state index in [1.54, 1.807) is 7.11 Å². The zero-order valence-electron chi connectivity index (χ0n) is 15.2. The largest absolute Gasteiger partial charge is 0.379 e. The number of carbonyl (C=O) groups is 1. The maximum absolute atomic E-state index is 12.5. The Labute approximate surface area is 152 Å². The zero-order chi connectivity index (χ0) is 18.1. The predicted octanol–water partition coefficient (Wildman–Crippen LogP) is 2.79. The molecule has 0 bridgehead atoms. The van der Waals surface area contributed by atoms with Crippen molar-refractivity contribution in [2.45, 2.75) is 25.0 Å². The summed E-state index contributed by atoms with van der Waals surface area (Å²) in [7, 11) is 3.76. The molecular formula is C21H24N2O3. The van der Waals surface area contributed by atoms with E-state index in [0.29, 0.717) is 19.6 Å². The van der Waals surface area contributed by atoms with Gasteiger partial charge in [0.15, 0.2) is 0 Å². The second-order valence-corrected chi connectivity index (χ2v) is 6.92. The van der Waals surface area contributed by atoms with E-state index in [0.717, 1.165) is 12.0 Å². The first-order valence-electron chi connectivity index (χ1n) is 9.03. The Morgan fingerprint density at radius 1 is 1.23 bits per heavy atom. The summed E-state index contributed by atoms with van der Waals surface area (Å²) in [6.45, 7) is 1.19. The molecule has 2 heterocycles. The Morgan fingerprint density at radius 3 is 2.88 bits per heavy atom. The molecule has 3 aromatic rings. The molecule has 2 atom stereocenters. The highest BCUT2D eigenvalue weighted by molar-refractivity contribution is 6.08. The minimum atomic E-state index is -0.0810. The van der Waals surface area contributed by atoms with E-state index in [1.807, 2.05) is 12.1 Å². The maximum Gasteiger partial charge on any atom is 0.224 e. The Morgan fingerprint density at radius 2 is 2.04 bits per heavy atom. The number of amides is 1. The number of aromatic nitrogens is 1. The van der Waals surface area contributed by atoms with Gasteiger partial charge in [0.1, 0.15) is 0 Å². The number of rotatable bonds is 4. The summed E-state index contributed by atoms with van der Waals surface area (Å²) in [6, 6.07) is 14.5. The van der Waals surface area contributed by atoms with Crippen molar-refractivity contribution in [3.05, 3.63) is 48.0 Å². The van der Waals surface area contributed by atoms with Crippen LogP contribution in [-0.4, -0.2) is 42.9 Å². The van der Waals surface area contributed by atoms with Gasteiger partial charge in [0.2, 0.25) is 5.91 Å². The smallest absolute Gasteiger partial charge is 0.224 e. The van der Waals surface area contributed by atoms with Gasteiger partial charge in [-0.25, -0.2) is 0 Å². The lowest BCUT2D eigenvalue weighted by atomic mass is 10.0. The van der Waals surface area contributed by atoms with Gasteiger partial charge < -0.3 is 19.4 Å². The third-order valence-electron chi connectivity index (χ3n) is 5.28. The number of nitrogens with zero attached hydrogens (tertiary/aromatic N) is 1. The number of hydrogen-bond donors (Lipinski definition) is 1. The van der Waals surface area contributed by atoms with Gasteiger partial charge in [-0.05, 0) is 30.2 Å². The molecule has 5 nitrogen and oxygen atoms in total. The van der Waals surface area contributed by atoms with Crippen LogP contribution in [0, 0.1) is 0 Å². The average molecular weight is 352 g/mol. The lowest BCUT2D eigenvalue weighted by Gasteiger charge is -2.31. The molecule has 1 fully saturated rings. The number of fused-ring (bicyclic) bond motifs is 3.